The molecule has 2 aromatic rings. The third-order valence-corrected chi connectivity index (χ3v) is 3.39. The monoisotopic (exact) mass is 381 g/mol. The fourth-order valence-corrected chi connectivity index (χ4v) is 2.07. The minimum Gasteiger partial charge on any atom is -0.452 e. The molecule has 2 aromatic carbocycles. The number of carbonyl (C=O) groups excluding carboxylic acids is 2. The molecule has 0 aliphatic heterocycles. The maximum absolute atomic E-state index is 12.0. The predicted octanol–water partition coefficient (Wildman–Crippen LogP) is 3.87. The molecule has 0 fully saturated rings. The van der Waals surface area contributed by atoms with Crippen molar-refractivity contribution in [3.05, 3.63) is 65.2 Å². The summed E-state index contributed by atoms with van der Waals surface area (Å²) in [5, 5.41) is 2.60. The summed E-state index contributed by atoms with van der Waals surface area (Å²) in [6, 6.07) is 12.8. The first-order valence-corrected chi connectivity index (χ1v) is 8.00. The lowest BCUT2D eigenvalue weighted by Crippen LogP contribution is -2.21. The van der Waals surface area contributed by atoms with Crippen molar-refractivity contribution in [3.63, 3.8) is 0 Å². The number of hydrogen-bond acceptors (Lipinski definition) is 4. The number of hydrogen-bond donors (Lipinski definition) is 1. The molecular weight excluding hydrogens is 363 g/mol. The summed E-state index contributed by atoms with van der Waals surface area (Å²) >= 11 is 0. The van der Waals surface area contributed by atoms with Crippen molar-refractivity contribution >= 4 is 17.6 Å². The molecule has 0 atom stereocenters. The molecule has 0 saturated heterocycles. The van der Waals surface area contributed by atoms with E-state index in [1.807, 2.05) is 19.1 Å². The second kappa shape index (κ2) is 9.18. The van der Waals surface area contributed by atoms with Gasteiger partial charge in [0, 0.05) is 5.69 Å². The molecule has 8 heteroatoms. The molecule has 1 N–H and O–H groups in total. The molecule has 0 unspecified atom stereocenters. The molecule has 0 aliphatic carbocycles. The molecule has 0 bridgehead atoms. The van der Waals surface area contributed by atoms with Gasteiger partial charge in [-0.1, -0.05) is 29.8 Å². The van der Waals surface area contributed by atoms with Gasteiger partial charge in [0.1, 0.15) is 6.61 Å². The highest BCUT2D eigenvalue weighted by molar-refractivity contribution is 5.95. The number of nitrogens with one attached hydrogen (secondary N) is 1. The first-order valence-electron chi connectivity index (χ1n) is 8.00. The number of esters is 1. The van der Waals surface area contributed by atoms with Gasteiger partial charge >= 0.3 is 12.1 Å². The molecule has 0 saturated carbocycles. The number of halogens is 3. The molecule has 2 rings (SSSR count). The zero-order valence-electron chi connectivity index (χ0n) is 14.5. The fraction of sp³-hybridized carbons (Fsp3) is 0.263. The standard InChI is InChI=1S/C19H18F3NO4/c1-13-2-8-16(9-3-13)23-17(24)11-27-18(25)15-6-4-14(5-7-15)10-26-12-19(20,21)22/h2-9H,10-12H2,1H3,(H,23,24). The minimum absolute atomic E-state index is 0.178. The van der Waals surface area contributed by atoms with Crippen molar-refractivity contribution < 1.29 is 32.2 Å². The topological polar surface area (TPSA) is 64.6 Å². The maximum Gasteiger partial charge on any atom is 0.411 e. The van der Waals surface area contributed by atoms with Crippen molar-refractivity contribution in [3.8, 4) is 0 Å². The van der Waals surface area contributed by atoms with Gasteiger partial charge in [0.15, 0.2) is 6.61 Å². The number of carbonyl (C=O) groups is 2. The summed E-state index contributed by atoms with van der Waals surface area (Å²) < 4.78 is 45.5. The highest BCUT2D eigenvalue weighted by Gasteiger charge is 2.27. The van der Waals surface area contributed by atoms with E-state index in [0.29, 0.717) is 11.3 Å². The predicted molar refractivity (Wildman–Crippen MR) is 92.2 cm³/mol. The van der Waals surface area contributed by atoms with Gasteiger partial charge in [-0.2, -0.15) is 13.2 Å². The average Bonchev–Trinajstić information content (AvgIpc) is 2.61. The number of rotatable bonds is 7. The SMILES string of the molecule is Cc1ccc(NC(=O)COC(=O)c2ccc(COCC(F)(F)F)cc2)cc1. The van der Waals surface area contributed by atoms with Gasteiger partial charge in [0.2, 0.25) is 0 Å². The van der Waals surface area contributed by atoms with E-state index in [0.717, 1.165) is 5.56 Å². The first kappa shape index (κ1) is 20.4. The Kier molecular flexibility index (Phi) is 6.95. The van der Waals surface area contributed by atoms with Gasteiger partial charge in [-0.3, -0.25) is 4.79 Å². The molecule has 27 heavy (non-hydrogen) atoms. The van der Waals surface area contributed by atoms with Gasteiger partial charge in [-0.15, -0.1) is 0 Å². The van der Waals surface area contributed by atoms with Crippen molar-refractivity contribution in [2.75, 3.05) is 18.5 Å². The van der Waals surface area contributed by atoms with Crippen LogP contribution in [0.5, 0.6) is 0 Å². The zero-order valence-corrected chi connectivity index (χ0v) is 14.5. The smallest absolute Gasteiger partial charge is 0.411 e. The quantitative estimate of drug-likeness (QED) is 0.740. The Morgan fingerprint density at radius 3 is 2.22 bits per heavy atom. The highest BCUT2D eigenvalue weighted by atomic mass is 19.4. The van der Waals surface area contributed by atoms with Crippen LogP contribution in [0.4, 0.5) is 18.9 Å². The molecule has 0 spiro atoms. The molecule has 0 heterocycles. The number of anilines is 1. The summed E-state index contributed by atoms with van der Waals surface area (Å²) in [4.78, 5) is 23.7. The summed E-state index contributed by atoms with van der Waals surface area (Å²) in [7, 11) is 0. The Labute approximate surface area is 154 Å². The number of alkyl halides is 3. The Morgan fingerprint density at radius 1 is 1.00 bits per heavy atom. The van der Waals surface area contributed by atoms with Gasteiger partial charge in [-0.05, 0) is 36.8 Å². The molecular formula is C19H18F3NO4. The van der Waals surface area contributed by atoms with E-state index in [1.54, 1.807) is 12.1 Å². The second-order valence-corrected chi connectivity index (χ2v) is 5.80. The molecule has 0 radical (unpaired) electrons. The molecule has 5 nitrogen and oxygen atoms in total. The molecule has 144 valence electrons. The Bertz CT molecular complexity index is 771. The van der Waals surface area contributed by atoms with E-state index in [2.05, 4.69) is 10.1 Å². The van der Waals surface area contributed by atoms with Gasteiger partial charge in [0.25, 0.3) is 5.91 Å². The van der Waals surface area contributed by atoms with Crippen LogP contribution in [-0.2, 0) is 20.9 Å². The summed E-state index contributed by atoms with van der Waals surface area (Å²) in [5.74, 6) is -1.19. The highest BCUT2D eigenvalue weighted by Crippen LogP contribution is 2.16. The second-order valence-electron chi connectivity index (χ2n) is 5.80. The number of aryl methyl sites for hydroxylation is 1. The van der Waals surface area contributed by atoms with Crippen LogP contribution in [0.3, 0.4) is 0 Å². The van der Waals surface area contributed by atoms with Crippen LogP contribution in [0.15, 0.2) is 48.5 Å². The lowest BCUT2D eigenvalue weighted by molar-refractivity contribution is -0.176. The Morgan fingerprint density at radius 2 is 1.63 bits per heavy atom. The Hall–Kier alpha value is -2.87. The van der Waals surface area contributed by atoms with E-state index in [1.165, 1.54) is 24.3 Å². The van der Waals surface area contributed by atoms with Crippen molar-refractivity contribution in [1.29, 1.82) is 0 Å². The van der Waals surface area contributed by atoms with E-state index in [4.69, 9.17) is 4.74 Å². The molecule has 1 amide bonds. The maximum atomic E-state index is 12.0. The molecule has 0 aliphatic rings. The van der Waals surface area contributed by atoms with Crippen molar-refractivity contribution in [2.24, 2.45) is 0 Å². The van der Waals surface area contributed by atoms with Crippen molar-refractivity contribution in [2.45, 2.75) is 19.7 Å². The van der Waals surface area contributed by atoms with Crippen molar-refractivity contribution in [1.82, 2.24) is 0 Å². The summed E-state index contributed by atoms with van der Waals surface area (Å²) in [6.45, 7) is -0.106. The van der Waals surface area contributed by atoms with Crippen LogP contribution in [0.1, 0.15) is 21.5 Å². The third kappa shape index (κ3) is 7.49. The normalized spacial score (nSPS) is 11.1. The van der Waals surface area contributed by atoms with E-state index >= 15 is 0 Å². The summed E-state index contributed by atoms with van der Waals surface area (Å²) in [5.41, 5.74) is 2.29. The largest absolute Gasteiger partial charge is 0.452 e. The van der Waals surface area contributed by atoms with Crippen LogP contribution in [-0.4, -0.2) is 31.3 Å². The lowest BCUT2D eigenvalue weighted by Gasteiger charge is -2.09. The minimum atomic E-state index is -4.39. The average molecular weight is 381 g/mol. The van der Waals surface area contributed by atoms with E-state index in [9.17, 15) is 22.8 Å². The van der Waals surface area contributed by atoms with E-state index in [-0.39, 0.29) is 12.2 Å². The number of amides is 1. The van der Waals surface area contributed by atoms with Crippen LogP contribution >= 0.6 is 0 Å². The van der Waals surface area contributed by atoms with E-state index < -0.39 is 31.3 Å². The Balaban J connectivity index is 1.78. The number of benzene rings is 2. The van der Waals surface area contributed by atoms with Gasteiger partial charge in [-0.25, -0.2) is 4.79 Å². The van der Waals surface area contributed by atoms with Gasteiger partial charge in [0.05, 0.1) is 12.2 Å². The first-order chi connectivity index (χ1) is 12.7. The van der Waals surface area contributed by atoms with Crippen LogP contribution in [0.25, 0.3) is 0 Å². The van der Waals surface area contributed by atoms with Crippen LogP contribution in [0.2, 0.25) is 0 Å². The fourth-order valence-electron chi connectivity index (χ4n) is 2.07. The lowest BCUT2D eigenvalue weighted by atomic mass is 10.1. The van der Waals surface area contributed by atoms with Gasteiger partial charge < -0.3 is 14.8 Å². The molecule has 0 aromatic heterocycles. The van der Waals surface area contributed by atoms with Crippen LogP contribution < -0.4 is 5.32 Å². The van der Waals surface area contributed by atoms with Crippen LogP contribution in [0, 0.1) is 6.92 Å². The zero-order chi connectivity index (χ0) is 19.9. The third-order valence-electron chi connectivity index (χ3n) is 3.39. The summed E-state index contributed by atoms with van der Waals surface area (Å²) in [6.07, 6.45) is -4.39. The number of ether oxygens (including phenoxy) is 2.